The van der Waals surface area contributed by atoms with Crippen molar-refractivity contribution in [2.45, 2.75) is 0 Å². The van der Waals surface area contributed by atoms with E-state index in [1.165, 1.54) is 0 Å². The van der Waals surface area contributed by atoms with E-state index >= 15 is 0 Å². The van der Waals surface area contributed by atoms with Gasteiger partial charge in [0.05, 0.1) is 11.8 Å². The average molecular weight is 213 g/mol. The van der Waals surface area contributed by atoms with Crippen molar-refractivity contribution in [1.82, 2.24) is 19.2 Å². The molecule has 3 heterocycles. The third kappa shape index (κ3) is 1.33. The maximum Gasteiger partial charge on any atom is 0.173 e. The highest BCUT2D eigenvalue weighted by Crippen LogP contribution is 2.18. The van der Waals surface area contributed by atoms with Gasteiger partial charge in [-0.25, -0.2) is 9.97 Å². The van der Waals surface area contributed by atoms with Gasteiger partial charge in [-0.3, -0.25) is 10.1 Å². The molecule has 0 saturated heterocycles. The Bertz CT molecular complexity index is 608. The molecule has 0 spiro atoms. The molecule has 80 valence electrons. The van der Waals surface area contributed by atoms with Crippen molar-refractivity contribution in [3.8, 4) is 0 Å². The SMILES string of the molecule is Cn1cnc2c(Nn3cccc3)nccc21. The molecule has 0 bridgehead atoms. The van der Waals surface area contributed by atoms with E-state index in [9.17, 15) is 0 Å². The third-order valence-corrected chi connectivity index (χ3v) is 2.48. The van der Waals surface area contributed by atoms with Gasteiger partial charge in [0.1, 0.15) is 5.52 Å². The lowest BCUT2D eigenvalue weighted by Crippen LogP contribution is -2.07. The van der Waals surface area contributed by atoms with E-state index in [4.69, 9.17) is 0 Å². The molecule has 0 saturated carbocycles. The smallest absolute Gasteiger partial charge is 0.173 e. The molecule has 3 aromatic rings. The summed E-state index contributed by atoms with van der Waals surface area (Å²) in [6.45, 7) is 0. The van der Waals surface area contributed by atoms with Crippen molar-refractivity contribution >= 4 is 16.9 Å². The molecule has 0 radical (unpaired) electrons. The second kappa shape index (κ2) is 3.37. The highest BCUT2D eigenvalue weighted by Gasteiger charge is 2.06. The number of hydrogen-bond donors (Lipinski definition) is 1. The molecular weight excluding hydrogens is 202 g/mol. The molecule has 1 N–H and O–H groups in total. The molecule has 0 aromatic carbocycles. The molecule has 3 aromatic heterocycles. The minimum absolute atomic E-state index is 0.759. The fourth-order valence-electron chi connectivity index (χ4n) is 1.68. The summed E-state index contributed by atoms with van der Waals surface area (Å²) in [6.07, 6.45) is 7.40. The van der Waals surface area contributed by atoms with E-state index in [0.717, 1.165) is 16.9 Å². The van der Waals surface area contributed by atoms with Gasteiger partial charge in [-0.15, -0.1) is 0 Å². The second-order valence-electron chi connectivity index (χ2n) is 3.58. The Morgan fingerprint density at radius 2 is 2.00 bits per heavy atom. The number of aromatic nitrogens is 4. The Hall–Kier alpha value is -2.30. The largest absolute Gasteiger partial charge is 0.334 e. The predicted molar refractivity (Wildman–Crippen MR) is 62.0 cm³/mol. The fraction of sp³-hybridized carbons (Fsp3) is 0.0909. The summed E-state index contributed by atoms with van der Waals surface area (Å²) in [5, 5.41) is 0. The number of anilines is 1. The second-order valence-corrected chi connectivity index (χ2v) is 3.58. The summed E-state index contributed by atoms with van der Waals surface area (Å²) in [5.74, 6) is 0.759. The van der Waals surface area contributed by atoms with Crippen LogP contribution in [0.5, 0.6) is 0 Å². The Morgan fingerprint density at radius 1 is 1.19 bits per heavy atom. The van der Waals surface area contributed by atoms with Crippen LogP contribution in [0.2, 0.25) is 0 Å². The number of rotatable bonds is 2. The van der Waals surface area contributed by atoms with E-state index in [2.05, 4.69) is 15.4 Å². The number of imidazole rings is 1. The van der Waals surface area contributed by atoms with Crippen LogP contribution in [0.4, 0.5) is 5.82 Å². The number of pyridine rings is 1. The average Bonchev–Trinajstić information content (AvgIpc) is 2.90. The number of nitrogens with one attached hydrogen (secondary N) is 1. The van der Waals surface area contributed by atoms with Gasteiger partial charge in [0.15, 0.2) is 5.82 Å². The van der Waals surface area contributed by atoms with Gasteiger partial charge in [0.25, 0.3) is 0 Å². The van der Waals surface area contributed by atoms with Crippen molar-refractivity contribution in [2.75, 3.05) is 5.43 Å². The zero-order valence-corrected chi connectivity index (χ0v) is 8.83. The van der Waals surface area contributed by atoms with Crippen LogP contribution in [-0.2, 0) is 7.05 Å². The van der Waals surface area contributed by atoms with Gasteiger partial charge in [-0.05, 0) is 18.2 Å². The van der Waals surface area contributed by atoms with E-state index in [-0.39, 0.29) is 0 Å². The molecule has 0 fully saturated rings. The fourth-order valence-corrected chi connectivity index (χ4v) is 1.68. The molecule has 0 aliphatic rings. The van der Waals surface area contributed by atoms with E-state index in [1.54, 1.807) is 12.5 Å². The van der Waals surface area contributed by atoms with Gasteiger partial charge in [-0.1, -0.05) is 0 Å². The van der Waals surface area contributed by atoms with Crippen molar-refractivity contribution in [2.24, 2.45) is 7.05 Å². The number of fused-ring (bicyclic) bond motifs is 1. The molecule has 0 unspecified atom stereocenters. The number of aryl methyl sites for hydroxylation is 1. The van der Waals surface area contributed by atoms with Crippen LogP contribution in [0.3, 0.4) is 0 Å². The summed E-state index contributed by atoms with van der Waals surface area (Å²) in [5.41, 5.74) is 5.10. The lowest BCUT2D eigenvalue weighted by molar-refractivity contribution is 0.946. The van der Waals surface area contributed by atoms with Crippen LogP contribution in [0.1, 0.15) is 0 Å². The Morgan fingerprint density at radius 3 is 2.81 bits per heavy atom. The number of hydrogen-bond acceptors (Lipinski definition) is 3. The van der Waals surface area contributed by atoms with Crippen molar-refractivity contribution in [3.63, 3.8) is 0 Å². The molecule has 3 rings (SSSR count). The van der Waals surface area contributed by atoms with Gasteiger partial charge in [0, 0.05) is 25.6 Å². The summed E-state index contributed by atoms with van der Waals surface area (Å²) >= 11 is 0. The summed E-state index contributed by atoms with van der Waals surface area (Å²) in [6, 6.07) is 5.85. The summed E-state index contributed by atoms with van der Waals surface area (Å²) in [4.78, 5) is 8.61. The van der Waals surface area contributed by atoms with Crippen LogP contribution in [0, 0.1) is 0 Å². The Kier molecular flexibility index (Phi) is 1.89. The molecule has 16 heavy (non-hydrogen) atoms. The van der Waals surface area contributed by atoms with Crippen molar-refractivity contribution < 1.29 is 0 Å². The number of nitrogens with zero attached hydrogens (tertiary/aromatic N) is 4. The van der Waals surface area contributed by atoms with Crippen LogP contribution in [0.25, 0.3) is 11.0 Å². The van der Waals surface area contributed by atoms with Gasteiger partial charge in [0.2, 0.25) is 0 Å². The lowest BCUT2D eigenvalue weighted by Gasteiger charge is -2.06. The summed E-state index contributed by atoms with van der Waals surface area (Å²) < 4.78 is 3.81. The molecule has 5 heteroatoms. The first-order valence-corrected chi connectivity index (χ1v) is 5.00. The highest BCUT2D eigenvalue weighted by atomic mass is 15.4. The first-order chi connectivity index (χ1) is 7.84. The van der Waals surface area contributed by atoms with Crippen LogP contribution in [0.15, 0.2) is 43.1 Å². The third-order valence-electron chi connectivity index (χ3n) is 2.48. The van der Waals surface area contributed by atoms with Gasteiger partial charge >= 0.3 is 0 Å². The zero-order valence-electron chi connectivity index (χ0n) is 8.83. The van der Waals surface area contributed by atoms with Crippen LogP contribution >= 0.6 is 0 Å². The monoisotopic (exact) mass is 213 g/mol. The molecule has 0 amide bonds. The van der Waals surface area contributed by atoms with E-state index in [1.807, 2.05) is 46.9 Å². The van der Waals surface area contributed by atoms with Crippen LogP contribution < -0.4 is 5.43 Å². The van der Waals surface area contributed by atoms with Crippen molar-refractivity contribution in [1.29, 1.82) is 0 Å². The van der Waals surface area contributed by atoms with E-state index < -0.39 is 0 Å². The first kappa shape index (κ1) is 8.96. The topological polar surface area (TPSA) is 47.7 Å². The highest BCUT2D eigenvalue weighted by molar-refractivity contribution is 5.85. The van der Waals surface area contributed by atoms with Gasteiger partial charge < -0.3 is 4.57 Å². The van der Waals surface area contributed by atoms with Crippen LogP contribution in [-0.4, -0.2) is 19.2 Å². The molecule has 0 atom stereocenters. The predicted octanol–water partition coefficient (Wildman–Crippen LogP) is 1.64. The maximum absolute atomic E-state index is 4.32. The Labute approximate surface area is 92.3 Å². The lowest BCUT2D eigenvalue weighted by atomic mass is 10.4. The zero-order chi connectivity index (χ0) is 11.0. The standard InChI is InChI=1S/C11H11N5/c1-15-8-13-10-9(15)4-5-12-11(10)14-16-6-2-3-7-16/h2-8H,1H3,(H,12,14). The quantitative estimate of drug-likeness (QED) is 0.704. The van der Waals surface area contributed by atoms with Gasteiger partial charge in [-0.2, -0.15) is 0 Å². The Balaban J connectivity index is 2.10. The molecule has 5 nitrogen and oxygen atoms in total. The molecule has 0 aliphatic carbocycles. The first-order valence-electron chi connectivity index (χ1n) is 5.00. The minimum Gasteiger partial charge on any atom is -0.334 e. The normalized spacial score (nSPS) is 10.8. The molecule has 0 aliphatic heterocycles. The molecular formula is C11H11N5. The van der Waals surface area contributed by atoms with E-state index in [0.29, 0.717) is 0 Å². The maximum atomic E-state index is 4.32. The summed E-state index contributed by atoms with van der Waals surface area (Å²) in [7, 11) is 1.97. The van der Waals surface area contributed by atoms with Crippen molar-refractivity contribution in [3.05, 3.63) is 43.1 Å². The minimum atomic E-state index is 0.759.